The minimum absolute atomic E-state index is 0.0567. The Morgan fingerprint density at radius 3 is 2.14 bits per heavy atom. The zero-order valence-corrected chi connectivity index (χ0v) is 18.6. The topological polar surface area (TPSA) is 136 Å². The first-order chi connectivity index (χ1) is 17.1. The number of rotatable bonds is 8. The Kier molecular flexibility index (Phi) is 7.27. The summed E-state index contributed by atoms with van der Waals surface area (Å²) < 4.78 is 51.7. The van der Waals surface area contributed by atoms with E-state index >= 15 is 0 Å². The highest BCUT2D eigenvalue weighted by atomic mass is 19.4. The molecule has 13 heteroatoms. The maximum absolute atomic E-state index is 12.4. The van der Waals surface area contributed by atoms with Crippen molar-refractivity contribution in [3.8, 4) is 11.5 Å². The number of halogens is 3. The number of benzene rings is 2. The van der Waals surface area contributed by atoms with Crippen LogP contribution in [0.15, 0.2) is 52.9 Å². The number of nitrogens with zero attached hydrogens (tertiary/aromatic N) is 2. The summed E-state index contributed by atoms with van der Waals surface area (Å²) in [6.45, 7) is 0. The first kappa shape index (κ1) is 24.8. The Hall–Kier alpha value is -4.29. The van der Waals surface area contributed by atoms with Gasteiger partial charge in [-0.3, -0.25) is 9.59 Å². The lowest BCUT2D eigenvalue weighted by Crippen LogP contribution is -2.27. The lowest BCUT2D eigenvalue weighted by Gasteiger charge is -2.26. The van der Waals surface area contributed by atoms with Crippen molar-refractivity contribution in [1.29, 1.82) is 0 Å². The van der Waals surface area contributed by atoms with Gasteiger partial charge >= 0.3 is 30.1 Å². The number of hydrogen-bond acceptors (Lipinski definition) is 8. The van der Waals surface area contributed by atoms with Gasteiger partial charge in [0, 0.05) is 11.4 Å². The van der Waals surface area contributed by atoms with Gasteiger partial charge in [-0.2, -0.15) is 0 Å². The number of alkyl halides is 3. The average molecular weight is 506 g/mol. The molecular weight excluding hydrogens is 485 g/mol. The number of amides is 1. The molecule has 1 saturated carbocycles. The van der Waals surface area contributed by atoms with E-state index in [0.717, 1.165) is 12.1 Å². The molecule has 10 nitrogen and oxygen atoms in total. The molecule has 0 radical (unpaired) electrons. The molecule has 0 aliphatic heterocycles. The number of carboxylic acids is 1. The van der Waals surface area contributed by atoms with E-state index in [1.807, 2.05) is 0 Å². The van der Waals surface area contributed by atoms with Crippen LogP contribution in [0, 0.1) is 5.92 Å². The van der Waals surface area contributed by atoms with Gasteiger partial charge in [-0.1, -0.05) is 5.10 Å². The molecule has 1 heterocycles. The lowest BCUT2D eigenvalue weighted by molar-refractivity contribution is -0.274. The number of hydrogen-bond donors (Lipinski definition) is 3. The summed E-state index contributed by atoms with van der Waals surface area (Å²) in [7, 11) is 0. The van der Waals surface area contributed by atoms with Crippen LogP contribution in [0.4, 0.5) is 30.6 Å². The molecule has 0 atom stereocenters. The summed E-state index contributed by atoms with van der Waals surface area (Å²) in [5, 5.41) is 21.7. The Bertz CT molecular complexity index is 1190. The van der Waals surface area contributed by atoms with E-state index in [9.17, 15) is 22.8 Å². The molecule has 0 unspecified atom stereocenters. The summed E-state index contributed by atoms with van der Waals surface area (Å²) in [6, 6.07) is 11.3. The standard InChI is InChI=1S/C23H21F3N4O6/c24-23(25,26)36-18-11-5-15(6-12-18)28-22-30-29-20(35-22)19(31)27-14-3-9-17(10-4-14)34-16-7-1-13(2-8-16)21(32)33/h3-6,9-13,16H,1-2,7-8H2,(H,27,31)(H,28,30)(H,32,33)/t13-,16+. The summed E-state index contributed by atoms with van der Waals surface area (Å²) in [4.78, 5) is 23.5. The Balaban J connectivity index is 1.27. The van der Waals surface area contributed by atoms with E-state index in [0.29, 0.717) is 42.8 Å². The number of carbonyl (C=O) groups excluding carboxylic acids is 1. The monoisotopic (exact) mass is 506 g/mol. The highest BCUT2D eigenvalue weighted by Gasteiger charge is 2.31. The molecule has 4 rings (SSSR count). The number of nitrogens with one attached hydrogen (secondary N) is 2. The third kappa shape index (κ3) is 6.87. The minimum Gasteiger partial charge on any atom is -0.490 e. The maximum atomic E-state index is 12.4. The maximum Gasteiger partial charge on any atom is 0.573 e. The van der Waals surface area contributed by atoms with Gasteiger partial charge in [0.1, 0.15) is 11.5 Å². The Morgan fingerprint density at radius 2 is 1.53 bits per heavy atom. The molecule has 0 bridgehead atoms. The van der Waals surface area contributed by atoms with Crippen molar-refractivity contribution in [2.75, 3.05) is 10.6 Å². The zero-order chi connectivity index (χ0) is 25.7. The molecule has 3 aromatic rings. The lowest BCUT2D eigenvalue weighted by atomic mass is 9.87. The summed E-state index contributed by atoms with van der Waals surface area (Å²) in [5.74, 6) is -1.87. The van der Waals surface area contributed by atoms with Crippen molar-refractivity contribution in [3.63, 3.8) is 0 Å². The Morgan fingerprint density at radius 1 is 0.917 bits per heavy atom. The van der Waals surface area contributed by atoms with Gasteiger partial charge in [-0.15, -0.1) is 18.3 Å². The highest BCUT2D eigenvalue weighted by Crippen LogP contribution is 2.29. The Labute approximate surface area is 202 Å². The first-order valence-electron chi connectivity index (χ1n) is 10.9. The number of aromatic nitrogens is 2. The molecule has 1 aliphatic carbocycles. The van der Waals surface area contributed by atoms with Crippen molar-refractivity contribution in [1.82, 2.24) is 10.2 Å². The first-order valence-corrected chi connectivity index (χ1v) is 10.9. The average Bonchev–Trinajstić information content (AvgIpc) is 3.30. The number of carbonyl (C=O) groups is 2. The number of anilines is 3. The van der Waals surface area contributed by atoms with Crippen LogP contribution in [0.5, 0.6) is 11.5 Å². The largest absolute Gasteiger partial charge is 0.573 e. The van der Waals surface area contributed by atoms with Gasteiger partial charge in [0.15, 0.2) is 0 Å². The zero-order valence-electron chi connectivity index (χ0n) is 18.6. The molecule has 1 amide bonds. The van der Waals surface area contributed by atoms with Crippen LogP contribution in [0.25, 0.3) is 0 Å². The van der Waals surface area contributed by atoms with Crippen LogP contribution in [-0.2, 0) is 4.79 Å². The molecule has 0 saturated heterocycles. The van der Waals surface area contributed by atoms with Crippen LogP contribution < -0.4 is 20.1 Å². The highest BCUT2D eigenvalue weighted by molar-refractivity contribution is 6.00. The molecule has 3 N–H and O–H groups in total. The van der Waals surface area contributed by atoms with Gasteiger partial charge < -0.3 is 29.6 Å². The van der Waals surface area contributed by atoms with Gasteiger partial charge in [-0.25, -0.2) is 0 Å². The molecule has 2 aromatic carbocycles. The number of ether oxygens (including phenoxy) is 2. The minimum atomic E-state index is -4.79. The van der Waals surface area contributed by atoms with Crippen molar-refractivity contribution in [2.45, 2.75) is 38.1 Å². The van der Waals surface area contributed by atoms with Crippen LogP contribution in [0.2, 0.25) is 0 Å². The van der Waals surface area contributed by atoms with Crippen LogP contribution in [0.3, 0.4) is 0 Å². The molecule has 1 aromatic heterocycles. The van der Waals surface area contributed by atoms with E-state index in [2.05, 4.69) is 25.6 Å². The van der Waals surface area contributed by atoms with E-state index < -0.39 is 18.2 Å². The van der Waals surface area contributed by atoms with Crippen molar-refractivity contribution >= 4 is 29.3 Å². The van der Waals surface area contributed by atoms with Crippen molar-refractivity contribution < 1.29 is 41.8 Å². The number of carboxylic acid groups (broad SMARTS) is 1. The number of aliphatic carboxylic acids is 1. The van der Waals surface area contributed by atoms with Crippen LogP contribution >= 0.6 is 0 Å². The summed E-state index contributed by atoms with van der Waals surface area (Å²) >= 11 is 0. The van der Waals surface area contributed by atoms with E-state index in [-0.39, 0.29) is 29.7 Å². The summed E-state index contributed by atoms with van der Waals surface area (Å²) in [5.41, 5.74) is 0.794. The van der Waals surface area contributed by atoms with Gasteiger partial charge in [0.2, 0.25) is 0 Å². The van der Waals surface area contributed by atoms with Crippen LogP contribution in [0.1, 0.15) is 36.4 Å². The van der Waals surface area contributed by atoms with Crippen molar-refractivity contribution in [3.05, 3.63) is 54.4 Å². The van der Waals surface area contributed by atoms with Gasteiger partial charge in [0.05, 0.1) is 12.0 Å². The normalized spacial score (nSPS) is 17.8. The van der Waals surface area contributed by atoms with E-state index in [1.165, 1.54) is 12.1 Å². The van der Waals surface area contributed by atoms with E-state index in [1.54, 1.807) is 24.3 Å². The third-order valence-electron chi connectivity index (χ3n) is 5.40. The second-order valence-electron chi connectivity index (χ2n) is 8.02. The molecular formula is C23H21F3N4O6. The fourth-order valence-corrected chi connectivity index (χ4v) is 3.65. The second-order valence-corrected chi connectivity index (χ2v) is 8.02. The molecule has 190 valence electrons. The fraction of sp³-hybridized carbons (Fsp3) is 0.304. The van der Waals surface area contributed by atoms with Crippen molar-refractivity contribution in [2.24, 2.45) is 5.92 Å². The van der Waals surface area contributed by atoms with Gasteiger partial charge in [0.25, 0.3) is 0 Å². The van der Waals surface area contributed by atoms with Gasteiger partial charge in [-0.05, 0) is 74.2 Å². The predicted molar refractivity (Wildman–Crippen MR) is 119 cm³/mol. The summed E-state index contributed by atoms with van der Waals surface area (Å²) in [6.07, 6.45) is -2.37. The quantitative estimate of drug-likeness (QED) is 0.386. The second kappa shape index (κ2) is 10.5. The fourth-order valence-electron chi connectivity index (χ4n) is 3.65. The SMILES string of the molecule is O=C(Nc1ccc(O[C@H]2CC[C@@H](C(=O)O)CC2)cc1)c1nnc(Nc2ccc(OC(F)(F)F)cc2)o1. The molecule has 1 fully saturated rings. The van der Waals surface area contributed by atoms with E-state index in [4.69, 9.17) is 14.3 Å². The molecule has 36 heavy (non-hydrogen) atoms. The third-order valence-corrected chi connectivity index (χ3v) is 5.40. The molecule has 0 spiro atoms. The van der Waals surface area contributed by atoms with Crippen LogP contribution in [-0.4, -0.2) is 39.6 Å². The smallest absolute Gasteiger partial charge is 0.490 e. The molecule has 1 aliphatic rings. The predicted octanol–water partition coefficient (Wildman–Crippen LogP) is 4.99.